The molecule has 0 bridgehead atoms. The molecule has 17 heavy (non-hydrogen) atoms. The molecule has 90 valence electrons. The van der Waals surface area contributed by atoms with Gasteiger partial charge in [0.1, 0.15) is 13.2 Å². The van der Waals surface area contributed by atoms with Gasteiger partial charge in [0.05, 0.1) is 0 Å². The number of anilines is 1. The van der Waals surface area contributed by atoms with Crippen LogP contribution >= 0.6 is 0 Å². The average Bonchev–Trinajstić information content (AvgIpc) is 2.29. The largest absolute Gasteiger partial charge is 0.486 e. The third kappa shape index (κ3) is 2.38. The predicted octanol–water partition coefficient (Wildman–Crippen LogP) is 1.29. The molecule has 0 fully saturated rings. The van der Waals surface area contributed by atoms with E-state index >= 15 is 0 Å². The van der Waals surface area contributed by atoms with Gasteiger partial charge in [-0.1, -0.05) is 0 Å². The number of carbonyl (C=O) groups is 2. The number of ether oxygens (including phenoxy) is 2. The van der Waals surface area contributed by atoms with Gasteiger partial charge in [-0.25, -0.2) is 0 Å². The SMILES string of the molecule is CC(=O)C(=O)Nc1cc2c(cc1C)OCCO2. The van der Waals surface area contributed by atoms with Crippen LogP contribution in [0.25, 0.3) is 0 Å². The highest BCUT2D eigenvalue weighted by molar-refractivity contribution is 6.39. The number of ketones is 1. The topological polar surface area (TPSA) is 64.6 Å². The lowest BCUT2D eigenvalue weighted by molar-refractivity contribution is -0.133. The Morgan fingerprint density at radius 2 is 1.76 bits per heavy atom. The van der Waals surface area contributed by atoms with Crippen molar-refractivity contribution >= 4 is 17.4 Å². The van der Waals surface area contributed by atoms with Crippen LogP contribution in [-0.2, 0) is 9.59 Å². The van der Waals surface area contributed by atoms with Gasteiger partial charge in [0.25, 0.3) is 5.91 Å². The molecule has 1 N–H and O–H groups in total. The Morgan fingerprint density at radius 3 is 2.35 bits per heavy atom. The summed E-state index contributed by atoms with van der Waals surface area (Å²) in [5, 5.41) is 2.54. The summed E-state index contributed by atoms with van der Waals surface area (Å²) in [5.41, 5.74) is 1.39. The van der Waals surface area contributed by atoms with Gasteiger partial charge < -0.3 is 14.8 Å². The van der Waals surface area contributed by atoms with Gasteiger partial charge in [0.15, 0.2) is 11.5 Å². The van der Waals surface area contributed by atoms with E-state index in [1.807, 2.05) is 6.92 Å². The Hall–Kier alpha value is -2.04. The molecular formula is C12H13NO4. The van der Waals surface area contributed by atoms with Crippen LogP contribution in [0.5, 0.6) is 11.5 Å². The molecule has 0 unspecified atom stereocenters. The molecule has 0 aromatic heterocycles. The fourth-order valence-electron chi connectivity index (χ4n) is 1.54. The van der Waals surface area contributed by atoms with Gasteiger partial charge in [0.2, 0.25) is 5.78 Å². The fourth-order valence-corrected chi connectivity index (χ4v) is 1.54. The second-order valence-corrected chi connectivity index (χ2v) is 3.82. The summed E-state index contributed by atoms with van der Waals surface area (Å²) in [6.45, 7) is 4.05. The minimum atomic E-state index is -0.634. The zero-order chi connectivity index (χ0) is 12.4. The molecular weight excluding hydrogens is 222 g/mol. The standard InChI is InChI=1S/C12H13NO4/c1-7-5-10-11(17-4-3-16-10)6-9(7)13-12(15)8(2)14/h5-6H,3-4H2,1-2H3,(H,13,15). The lowest BCUT2D eigenvalue weighted by Gasteiger charge is -2.20. The minimum Gasteiger partial charge on any atom is -0.486 e. The van der Waals surface area contributed by atoms with E-state index in [1.54, 1.807) is 12.1 Å². The number of hydrogen-bond acceptors (Lipinski definition) is 4. The third-order valence-corrected chi connectivity index (χ3v) is 2.46. The molecule has 5 nitrogen and oxygen atoms in total. The Morgan fingerprint density at radius 1 is 1.18 bits per heavy atom. The van der Waals surface area contributed by atoms with Crippen molar-refractivity contribution in [3.63, 3.8) is 0 Å². The van der Waals surface area contributed by atoms with Gasteiger partial charge in [0, 0.05) is 18.7 Å². The first-order chi connectivity index (χ1) is 8.08. The Kier molecular flexibility index (Phi) is 2.99. The Labute approximate surface area is 98.7 Å². The molecule has 1 amide bonds. The fraction of sp³-hybridized carbons (Fsp3) is 0.333. The average molecular weight is 235 g/mol. The van der Waals surface area contributed by atoms with Gasteiger partial charge >= 0.3 is 0 Å². The summed E-state index contributed by atoms with van der Waals surface area (Å²) in [6.07, 6.45) is 0. The third-order valence-electron chi connectivity index (χ3n) is 2.46. The molecule has 0 saturated heterocycles. The number of benzene rings is 1. The number of aryl methyl sites for hydroxylation is 1. The molecule has 2 rings (SSSR count). The Balaban J connectivity index is 2.28. The quantitative estimate of drug-likeness (QED) is 0.784. The van der Waals surface area contributed by atoms with E-state index in [0.29, 0.717) is 30.4 Å². The number of hydrogen-bond donors (Lipinski definition) is 1. The second kappa shape index (κ2) is 4.45. The van der Waals surface area contributed by atoms with Gasteiger partial charge in [-0.05, 0) is 18.6 Å². The highest BCUT2D eigenvalue weighted by Crippen LogP contribution is 2.35. The van der Waals surface area contributed by atoms with Crippen molar-refractivity contribution in [1.82, 2.24) is 0 Å². The number of fused-ring (bicyclic) bond motifs is 1. The first-order valence-electron chi connectivity index (χ1n) is 5.30. The summed E-state index contributed by atoms with van der Waals surface area (Å²) < 4.78 is 10.8. The highest BCUT2D eigenvalue weighted by atomic mass is 16.6. The van der Waals surface area contributed by atoms with Gasteiger partial charge in [-0.3, -0.25) is 9.59 Å². The smallest absolute Gasteiger partial charge is 0.291 e. The van der Waals surface area contributed by atoms with E-state index in [1.165, 1.54) is 6.92 Å². The van der Waals surface area contributed by atoms with Crippen molar-refractivity contribution in [2.24, 2.45) is 0 Å². The van der Waals surface area contributed by atoms with Crippen LogP contribution in [0.2, 0.25) is 0 Å². The monoisotopic (exact) mass is 235 g/mol. The second-order valence-electron chi connectivity index (χ2n) is 3.82. The van der Waals surface area contributed by atoms with Gasteiger partial charge in [-0.15, -0.1) is 0 Å². The molecule has 1 aromatic rings. The van der Waals surface area contributed by atoms with Crippen LogP contribution in [0.4, 0.5) is 5.69 Å². The van der Waals surface area contributed by atoms with Crippen LogP contribution in [-0.4, -0.2) is 24.9 Å². The van der Waals surface area contributed by atoms with E-state index in [4.69, 9.17) is 9.47 Å². The molecule has 0 spiro atoms. The number of carbonyl (C=O) groups excluding carboxylic acids is 2. The highest BCUT2D eigenvalue weighted by Gasteiger charge is 2.16. The minimum absolute atomic E-state index is 0.482. The molecule has 0 aliphatic carbocycles. The normalized spacial score (nSPS) is 13.1. The van der Waals surface area contributed by atoms with Crippen molar-refractivity contribution < 1.29 is 19.1 Å². The maximum atomic E-state index is 11.3. The van der Waals surface area contributed by atoms with E-state index in [0.717, 1.165) is 5.56 Å². The molecule has 5 heteroatoms. The Bertz CT molecular complexity index is 482. The molecule has 0 atom stereocenters. The maximum absolute atomic E-state index is 11.3. The van der Waals surface area contributed by atoms with Crippen molar-refractivity contribution in [3.05, 3.63) is 17.7 Å². The summed E-state index contributed by atoms with van der Waals surface area (Å²) in [7, 11) is 0. The number of amides is 1. The lowest BCUT2D eigenvalue weighted by atomic mass is 10.1. The first kappa shape index (κ1) is 11.4. The van der Waals surface area contributed by atoms with Crippen LogP contribution in [0.3, 0.4) is 0 Å². The lowest BCUT2D eigenvalue weighted by Crippen LogP contribution is -2.21. The van der Waals surface area contributed by atoms with E-state index in [-0.39, 0.29) is 0 Å². The zero-order valence-electron chi connectivity index (χ0n) is 9.70. The molecule has 1 heterocycles. The van der Waals surface area contributed by atoms with Crippen molar-refractivity contribution in [2.75, 3.05) is 18.5 Å². The summed E-state index contributed by atoms with van der Waals surface area (Å²) in [5.74, 6) is 0.0827. The molecule has 1 aromatic carbocycles. The number of nitrogens with one attached hydrogen (secondary N) is 1. The predicted molar refractivity (Wildman–Crippen MR) is 61.5 cm³/mol. The van der Waals surface area contributed by atoms with Crippen molar-refractivity contribution in [1.29, 1.82) is 0 Å². The van der Waals surface area contributed by atoms with E-state index in [2.05, 4.69) is 5.32 Å². The molecule has 0 radical (unpaired) electrons. The van der Waals surface area contributed by atoms with Crippen LogP contribution in [0, 0.1) is 6.92 Å². The van der Waals surface area contributed by atoms with Crippen LogP contribution in [0.15, 0.2) is 12.1 Å². The summed E-state index contributed by atoms with van der Waals surface area (Å²) in [4.78, 5) is 22.2. The summed E-state index contributed by atoms with van der Waals surface area (Å²) in [6, 6.07) is 3.45. The van der Waals surface area contributed by atoms with Crippen LogP contribution in [0.1, 0.15) is 12.5 Å². The number of Topliss-reactive ketones (excluding diaryl/α,β-unsaturated/α-hetero) is 1. The molecule has 1 aliphatic rings. The molecule has 1 aliphatic heterocycles. The summed E-state index contributed by atoms with van der Waals surface area (Å²) >= 11 is 0. The number of rotatable bonds is 2. The van der Waals surface area contributed by atoms with E-state index in [9.17, 15) is 9.59 Å². The van der Waals surface area contributed by atoms with E-state index < -0.39 is 11.7 Å². The van der Waals surface area contributed by atoms with Crippen molar-refractivity contribution in [2.45, 2.75) is 13.8 Å². The first-order valence-corrected chi connectivity index (χ1v) is 5.30. The van der Waals surface area contributed by atoms with Crippen LogP contribution < -0.4 is 14.8 Å². The zero-order valence-corrected chi connectivity index (χ0v) is 9.70. The van der Waals surface area contributed by atoms with Crippen molar-refractivity contribution in [3.8, 4) is 11.5 Å². The van der Waals surface area contributed by atoms with Gasteiger partial charge in [-0.2, -0.15) is 0 Å². The maximum Gasteiger partial charge on any atom is 0.291 e. The molecule has 0 saturated carbocycles.